The summed E-state index contributed by atoms with van der Waals surface area (Å²) in [5, 5.41) is 3.44. The molecule has 4 rings (SSSR count). The zero-order chi connectivity index (χ0) is 22.3. The van der Waals surface area contributed by atoms with Gasteiger partial charge in [-0.2, -0.15) is 0 Å². The lowest BCUT2D eigenvalue weighted by atomic mass is 10.2. The van der Waals surface area contributed by atoms with Gasteiger partial charge in [-0.1, -0.05) is 35.9 Å². The van der Waals surface area contributed by atoms with Crippen molar-refractivity contribution in [3.05, 3.63) is 83.4 Å². The highest BCUT2D eigenvalue weighted by Gasteiger charge is 2.19. The van der Waals surface area contributed by atoms with Gasteiger partial charge in [-0.25, -0.2) is 0 Å². The van der Waals surface area contributed by atoms with Crippen LogP contribution in [0.5, 0.6) is 11.5 Å². The van der Waals surface area contributed by atoms with Gasteiger partial charge < -0.3 is 15.0 Å². The standard InChI is InChI=1S/C25H23ClN2O3S/c26-21-8-2-3-9-22(21)31-19-13-11-18(12-14-19)27-25(30)20-7-1-4-10-23(20)32-17-24(29)28-15-5-6-16-28/h1-4,7-14H,5-6,15-17H2,(H,27,30). The van der Waals surface area contributed by atoms with E-state index in [1.807, 2.05) is 35.2 Å². The minimum absolute atomic E-state index is 0.122. The fraction of sp³-hybridized carbons (Fsp3) is 0.200. The number of thioether (sulfide) groups is 1. The first-order chi connectivity index (χ1) is 15.6. The van der Waals surface area contributed by atoms with Crippen molar-refractivity contribution in [3.8, 4) is 11.5 Å². The van der Waals surface area contributed by atoms with Gasteiger partial charge in [0.1, 0.15) is 11.5 Å². The van der Waals surface area contributed by atoms with E-state index in [2.05, 4.69) is 5.32 Å². The van der Waals surface area contributed by atoms with E-state index in [0.717, 1.165) is 30.8 Å². The third-order valence-corrected chi connectivity index (χ3v) is 6.49. The highest BCUT2D eigenvalue weighted by atomic mass is 35.5. The maximum Gasteiger partial charge on any atom is 0.256 e. The average molecular weight is 467 g/mol. The summed E-state index contributed by atoms with van der Waals surface area (Å²) in [5.41, 5.74) is 1.19. The molecule has 0 unspecified atom stereocenters. The zero-order valence-electron chi connectivity index (χ0n) is 17.4. The molecule has 0 spiro atoms. The van der Waals surface area contributed by atoms with Gasteiger partial charge in [0.2, 0.25) is 5.91 Å². The molecule has 1 saturated heterocycles. The Kier molecular flexibility index (Phi) is 7.35. The second-order valence-corrected chi connectivity index (χ2v) is 8.81. The van der Waals surface area contributed by atoms with E-state index >= 15 is 0 Å². The van der Waals surface area contributed by atoms with Crippen LogP contribution < -0.4 is 10.1 Å². The van der Waals surface area contributed by atoms with Crippen LogP contribution in [0.1, 0.15) is 23.2 Å². The number of ether oxygens (including phenoxy) is 1. The molecule has 1 heterocycles. The van der Waals surface area contributed by atoms with Crippen LogP contribution in [0.25, 0.3) is 0 Å². The summed E-state index contributed by atoms with van der Waals surface area (Å²) >= 11 is 7.53. The molecule has 1 fully saturated rings. The first-order valence-corrected chi connectivity index (χ1v) is 11.8. The number of carbonyl (C=O) groups is 2. The maximum atomic E-state index is 12.9. The second-order valence-electron chi connectivity index (χ2n) is 7.38. The Hall–Kier alpha value is -2.96. The molecule has 7 heteroatoms. The summed E-state index contributed by atoms with van der Waals surface area (Å²) in [6.45, 7) is 1.66. The molecule has 164 valence electrons. The number of anilines is 1. The molecule has 0 bridgehead atoms. The van der Waals surface area contributed by atoms with E-state index in [-0.39, 0.29) is 11.8 Å². The number of nitrogens with zero attached hydrogens (tertiary/aromatic N) is 1. The zero-order valence-corrected chi connectivity index (χ0v) is 19.0. The molecule has 0 radical (unpaired) electrons. The van der Waals surface area contributed by atoms with Crippen LogP contribution in [-0.4, -0.2) is 35.6 Å². The van der Waals surface area contributed by atoms with Gasteiger partial charge in [-0.05, 0) is 61.4 Å². The summed E-state index contributed by atoms with van der Waals surface area (Å²) in [6, 6.07) is 21.7. The topological polar surface area (TPSA) is 58.6 Å². The minimum Gasteiger partial charge on any atom is -0.456 e. The van der Waals surface area contributed by atoms with Crippen molar-refractivity contribution in [3.63, 3.8) is 0 Å². The van der Waals surface area contributed by atoms with Crippen LogP contribution in [-0.2, 0) is 4.79 Å². The molecule has 0 saturated carbocycles. The van der Waals surface area contributed by atoms with Gasteiger partial charge in [0.15, 0.2) is 0 Å². The van der Waals surface area contributed by atoms with Crippen LogP contribution in [0.2, 0.25) is 5.02 Å². The van der Waals surface area contributed by atoms with E-state index in [4.69, 9.17) is 16.3 Å². The van der Waals surface area contributed by atoms with Crippen molar-refractivity contribution in [2.75, 3.05) is 24.2 Å². The van der Waals surface area contributed by atoms with E-state index in [1.165, 1.54) is 11.8 Å². The fourth-order valence-corrected chi connectivity index (χ4v) is 4.56. The first kappa shape index (κ1) is 22.2. The van der Waals surface area contributed by atoms with Crippen molar-refractivity contribution in [2.24, 2.45) is 0 Å². The molecule has 3 aromatic carbocycles. The molecule has 1 aliphatic rings. The van der Waals surface area contributed by atoms with E-state index in [0.29, 0.717) is 33.5 Å². The Morgan fingerprint density at radius 2 is 1.62 bits per heavy atom. The molecule has 5 nitrogen and oxygen atoms in total. The summed E-state index contributed by atoms with van der Waals surface area (Å²) in [4.78, 5) is 27.9. The number of rotatable bonds is 7. The second kappa shape index (κ2) is 10.6. The van der Waals surface area contributed by atoms with Gasteiger partial charge in [0.25, 0.3) is 5.91 Å². The monoisotopic (exact) mass is 466 g/mol. The number of nitrogens with one attached hydrogen (secondary N) is 1. The lowest BCUT2D eigenvalue weighted by Gasteiger charge is -2.15. The van der Waals surface area contributed by atoms with Gasteiger partial charge in [-0.3, -0.25) is 9.59 Å². The third kappa shape index (κ3) is 5.64. The molecular weight excluding hydrogens is 444 g/mol. The Balaban J connectivity index is 1.38. The number of hydrogen-bond acceptors (Lipinski definition) is 4. The number of carbonyl (C=O) groups excluding carboxylic acids is 2. The molecular formula is C25H23ClN2O3S. The maximum absolute atomic E-state index is 12.9. The predicted octanol–water partition coefficient (Wildman–Crippen LogP) is 6.10. The number of likely N-dealkylation sites (tertiary alicyclic amines) is 1. The number of hydrogen-bond donors (Lipinski definition) is 1. The fourth-order valence-electron chi connectivity index (χ4n) is 3.44. The van der Waals surface area contributed by atoms with Crippen molar-refractivity contribution >= 4 is 40.9 Å². The molecule has 1 aliphatic heterocycles. The Bertz CT molecular complexity index is 1100. The molecule has 3 aromatic rings. The first-order valence-electron chi connectivity index (χ1n) is 10.4. The summed E-state index contributed by atoms with van der Waals surface area (Å²) in [5.74, 6) is 1.42. The molecule has 1 N–H and O–H groups in total. The lowest BCUT2D eigenvalue weighted by molar-refractivity contribution is -0.127. The summed E-state index contributed by atoms with van der Waals surface area (Å²) < 4.78 is 5.79. The molecule has 0 aromatic heterocycles. The third-order valence-electron chi connectivity index (χ3n) is 5.12. The van der Waals surface area contributed by atoms with Gasteiger partial charge in [0.05, 0.1) is 16.3 Å². The van der Waals surface area contributed by atoms with Crippen molar-refractivity contribution in [1.29, 1.82) is 0 Å². The van der Waals surface area contributed by atoms with Crippen LogP contribution in [0.3, 0.4) is 0 Å². The summed E-state index contributed by atoms with van der Waals surface area (Å²) in [7, 11) is 0. The van der Waals surface area contributed by atoms with E-state index in [1.54, 1.807) is 42.5 Å². The van der Waals surface area contributed by atoms with Gasteiger partial charge >= 0.3 is 0 Å². The lowest BCUT2D eigenvalue weighted by Crippen LogP contribution is -2.29. The largest absolute Gasteiger partial charge is 0.456 e. The number of para-hydroxylation sites is 1. The highest BCUT2D eigenvalue weighted by molar-refractivity contribution is 8.00. The van der Waals surface area contributed by atoms with E-state index < -0.39 is 0 Å². The van der Waals surface area contributed by atoms with Crippen molar-refractivity contribution in [2.45, 2.75) is 17.7 Å². The van der Waals surface area contributed by atoms with Crippen LogP contribution in [0.15, 0.2) is 77.7 Å². The molecule has 0 aliphatic carbocycles. The van der Waals surface area contributed by atoms with Crippen molar-refractivity contribution in [1.82, 2.24) is 4.90 Å². The van der Waals surface area contributed by atoms with Crippen LogP contribution in [0, 0.1) is 0 Å². The Morgan fingerprint density at radius 3 is 2.38 bits per heavy atom. The van der Waals surface area contributed by atoms with Gasteiger partial charge in [0, 0.05) is 23.7 Å². The van der Waals surface area contributed by atoms with E-state index in [9.17, 15) is 9.59 Å². The number of halogens is 1. The smallest absolute Gasteiger partial charge is 0.256 e. The van der Waals surface area contributed by atoms with Crippen LogP contribution >= 0.6 is 23.4 Å². The average Bonchev–Trinajstić information content (AvgIpc) is 3.36. The van der Waals surface area contributed by atoms with Crippen LogP contribution in [0.4, 0.5) is 5.69 Å². The van der Waals surface area contributed by atoms with Gasteiger partial charge in [-0.15, -0.1) is 11.8 Å². The summed E-state index contributed by atoms with van der Waals surface area (Å²) in [6.07, 6.45) is 2.13. The Morgan fingerprint density at radius 1 is 0.938 bits per heavy atom. The quantitative estimate of drug-likeness (QED) is 0.427. The SMILES string of the molecule is O=C(Nc1ccc(Oc2ccccc2Cl)cc1)c1ccccc1SCC(=O)N1CCCC1. The number of benzene rings is 3. The normalized spacial score (nSPS) is 13.1. The highest BCUT2D eigenvalue weighted by Crippen LogP contribution is 2.30. The Labute approximate surface area is 196 Å². The van der Waals surface area contributed by atoms with Crippen molar-refractivity contribution < 1.29 is 14.3 Å². The number of amides is 2. The molecule has 32 heavy (non-hydrogen) atoms. The molecule has 0 atom stereocenters. The minimum atomic E-state index is -0.221. The molecule has 2 amide bonds. The predicted molar refractivity (Wildman–Crippen MR) is 129 cm³/mol.